The van der Waals surface area contributed by atoms with Crippen LogP contribution in [0.1, 0.15) is 12.7 Å². The third kappa shape index (κ3) is 3.55. The lowest BCUT2D eigenvalue weighted by Gasteiger charge is -1.94. The summed E-state index contributed by atoms with van der Waals surface area (Å²) >= 11 is 6.61. The number of hydrogen-bond acceptors (Lipinski definition) is 2. The molecule has 0 radical (unpaired) electrons. The topological polar surface area (TPSA) is 25.2 Å². The van der Waals surface area contributed by atoms with E-state index in [0.29, 0.717) is 13.1 Å². The minimum absolute atomic E-state index is 0.687. The minimum atomic E-state index is 0.687. The summed E-state index contributed by atoms with van der Waals surface area (Å²) in [7, 11) is 0. The van der Waals surface area contributed by atoms with Crippen LogP contribution in [-0.4, -0.2) is 6.54 Å². The molecule has 1 rings (SSSR count). The summed E-state index contributed by atoms with van der Waals surface area (Å²) < 4.78 is 7.02. The van der Waals surface area contributed by atoms with E-state index in [0.717, 1.165) is 14.9 Å². The molecule has 0 aliphatic heterocycles. The quantitative estimate of drug-likeness (QED) is 0.686. The predicted octanol–water partition coefficient (Wildman–Crippen LogP) is 2.92. The van der Waals surface area contributed by atoms with Crippen molar-refractivity contribution in [3.8, 4) is 11.8 Å². The van der Waals surface area contributed by atoms with Crippen molar-refractivity contribution in [1.29, 1.82) is 0 Å². The smallest absolute Gasteiger partial charge is 0.183 e. The maximum atomic E-state index is 5.35. The van der Waals surface area contributed by atoms with Crippen LogP contribution in [0.4, 0.5) is 0 Å². The Morgan fingerprint density at radius 3 is 2.85 bits per heavy atom. The fourth-order valence-corrected chi connectivity index (χ4v) is 1.47. The number of rotatable bonds is 3. The predicted molar refractivity (Wildman–Crippen MR) is 59.3 cm³/mol. The van der Waals surface area contributed by atoms with Crippen LogP contribution in [-0.2, 0) is 6.54 Å². The second-order valence-corrected chi connectivity index (χ2v) is 3.94. The van der Waals surface area contributed by atoms with E-state index in [1.165, 1.54) is 0 Å². The Morgan fingerprint density at radius 2 is 2.31 bits per heavy atom. The Bertz CT molecular complexity index is 316. The Hall–Kier alpha value is -0.240. The molecule has 0 atom stereocenters. The number of furan rings is 1. The van der Waals surface area contributed by atoms with Crippen LogP contribution < -0.4 is 5.32 Å². The van der Waals surface area contributed by atoms with E-state index in [9.17, 15) is 0 Å². The van der Waals surface area contributed by atoms with Crippen LogP contribution in [0.3, 0.4) is 0 Å². The Morgan fingerprint density at radius 1 is 1.54 bits per heavy atom. The summed E-state index contributed by atoms with van der Waals surface area (Å²) in [5.74, 6) is 6.61. The molecule has 70 valence electrons. The maximum Gasteiger partial charge on any atom is 0.183 e. The number of halogens is 2. The summed E-state index contributed by atoms with van der Waals surface area (Å²) in [4.78, 5) is 0. The molecule has 1 heterocycles. The number of hydrogen-bond donors (Lipinski definition) is 1. The molecule has 13 heavy (non-hydrogen) atoms. The van der Waals surface area contributed by atoms with Crippen LogP contribution in [0.2, 0.25) is 0 Å². The second-order valence-electron chi connectivity index (χ2n) is 2.36. The van der Waals surface area contributed by atoms with E-state index in [1.807, 2.05) is 13.0 Å². The molecule has 0 aromatic carbocycles. The summed E-state index contributed by atoms with van der Waals surface area (Å²) in [6.45, 7) is 3.20. The van der Waals surface area contributed by atoms with Crippen molar-refractivity contribution in [3.05, 3.63) is 21.0 Å². The average Bonchev–Trinajstić information content (AvgIpc) is 2.41. The molecule has 1 aromatic heterocycles. The van der Waals surface area contributed by atoms with Crippen molar-refractivity contribution in [3.63, 3.8) is 0 Å². The Labute approximate surface area is 94.3 Å². The zero-order chi connectivity index (χ0) is 9.68. The molecule has 0 bridgehead atoms. The highest BCUT2D eigenvalue weighted by molar-refractivity contribution is 9.13. The molecule has 0 saturated carbocycles. The minimum Gasteiger partial charge on any atom is -0.452 e. The molecule has 0 unspecified atom stereocenters. The van der Waals surface area contributed by atoms with Gasteiger partial charge in [0.1, 0.15) is 5.76 Å². The molecule has 0 aliphatic rings. The van der Waals surface area contributed by atoms with Gasteiger partial charge >= 0.3 is 0 Å². The van der Waals surface area contributed by atoms with E-state index < -0.39 is 0 Å². The van der Waals surface area contributed by atoms with Crippen molar-refractivity contribution in [2.75, 3.05) is 6.54 Å². The normalized spacial score (nSPS) is 9.46. The summed E-state index contributed by atoms with van der Waals surface area (Å²) in [6, 6.07) is 1.93. The molecule has 1 aromatic rings. The van der Waals surface area contributed by atoms with Crippen LogP contribution in [0.15, 0.2) is 19.6 Å². The van der Waals surface area contributed by atoms with Crippen molar-refractivity contribution < 1.29 is 4.42 Å². The van der Waals surface area contributed by atoms with Gasteiger partial charge in [0, 0.05) is 0 Å². The van der Waals surface area contributed by atoms with Gasteiger partial charge in [0.15, 0.2) is 4.67 Å². The molecular weight excluding hydrogens is 298 g/mol. The van der Waals surface area contributed by atoms with Gasteiger partial charge in [0.05, 0.1) is 17.6 Å². The van der Waals surface area contributed by atoms with Crippen LogP contribution >= 0.6 is 31.9 Å². The fourth-order valence-electron chi connectivity index (χ4n) is 0.815. The highest BCUT2D eigenvalue weighted by Crippen LogP contribution is 2.26. The van der Waals surface area contributed by atoms with Gasteiger partial charge in [-0.05, 0) is 44.8 Å². The molecule has 2 nitrogen and oxygen atoms in total. The standard InChI is InChI=1S/C9H9Br2NO/c1-2-3-4-12-6-7-5-8(10)9(11)13-7/h5,12H,4,6H2,1H3. The van der Waals surface area contributed by atoms with Gasteiger partial charge in [-0.15, -0.1) is 5.92 Å². The van der Waals surface area contributed by atoms with E-state index in [-0.39, 0.29) is 0 Å². The molecule has 0 saturated heterocycles. The first-order valence-electron chi connectivity index (χ1n) is 3.78. The van der Waals surface area contributed by atoms with Crippen molar-refractivity contribution in [2.45, 2.75) is 13.5 Å². The lowest BCUT2D eigenvalue weighted by atomic mass is 10.4. The SMILES string of the molecule is CC#CCNCc1cc(Br)c(Br)o1. The highest BCUT2D eigenvalue weighted by Gasteiger charge is 2.04. The van der Waals surface area contributed by atoms with Crippen molar-refractivity contribution in [2.24, 2.45) is 0 Å². The Balaban J connectivity index is 2.40. The lowest BCUT2D eigenvalue weighted by molar-refractivity contribution is 0.471. The van der Waals surface area contributed by atoms with Gasteiger partial charge in [0.25, 0.3) is 0 Å². The van der Waals surface area contributed by atoms with E-state index in [2.05, 4.69) is 49.0 Å². The second kappa shape index (κ2) is 5.48. The van der Waals surface area contributed by atoms with Gasteiger partial charge in [-0.3, -0.25) is 5.32 Å². The van der Waals surface area contributed by atoms with Crippen LogP contribution in [0.25, 0.3) is 0 Å². The van der Waals surface area contributed by atoms with Crippen molar-refractivity contribution in [1.82, 2.24) is 5.32 Å². The zero-order valence-corrected chi connectivity index (χ0v) is 10.3. The monoisotopic (exact) mass is 305 g/mol. The van der Waals surface area contributed by atoms with Gasteiger partial charge in [-0.25, -0.2) is 0 Å². The van der Waals surface area contributed by atoms with Crippen molar-refractivity contribution >= 4 is 31.9 Å². The Kier molecular flexibility index (Phi) is 4.57. The van der Waals surface area contributed by atoms with Gasteiger partial charge < -0.3 is 4.42 Å². The largest absolute Gasteiger partial charge is 0.452 e. The maximum absolute atomic E-state index is 5.35. The van der Waals surface area contributed by atoms with E-state index in [1.54, 1.807) is 0 Å². The molecule has 0 amide bonds. The lowest BCUT2D eigenvalue weighted by Crippen LogP contribution is -2.12. The molecule has 0 spiro atoms. The van der Waals surface area contributed by atoms with Gasteiger partial charge in [0.2, 0.25) is 0 Å². The summed E-state index contributed by atoms with van der Waals surface area (Å²) in [5, 5.41) is 3.13. The third-order valence-electron chi connectivity index (χ3n) is 1.39. The summed E-state index contributed by atoms with van der Waals surface area (Å²) in [6.07, 6.45) is 0. The first-order valence-corrected chi connectivity index (χ1v) is 5.36. The molecule has 0 fully saturated rings. The first-order chi connectivity index (χ1) is 6.24. The molecule has 0 aliphatic carbocycles. The van der Waals surface area contributed by atoms with Crippen LogP contribution in [0, 0.1) is 11.8 Å². The molecular formula is C9H9Br2NO. The van der Waals surface area contributed by atoms with Gasteiger partial charge in [-0.1, -0.05) is 5.92 Å². The summed E-state index contributed by atoms with van der Waals surface area (Å²) in [5.41, 5.74) is 0. The molecule has 1 N–H and O–H groups in total. The molecule has 4 heteroatoms. The fraction of sp³-hybridized carbons (Fsp3) is 0.333. The number of nitrogens with one attached hydrogen (secondary N) is 1. The van der Waals surface area contributed by atoms with Crippen LogP contribution in [0.5, 0.6) is 0 Å². The third-order valence-corrected chi connectivity index (χ3v) is 3.10. The average molecular weight is 307 g/mol. The van der Waals surface area contributed by atoms with E-state index >= 15 is 0 Å². The zero-order valence-electron chi connectivity index (χ0n) is 7.16. The highest BCUT2D eigenvalue weighted by atomic mass is 79.9. The first kappa shape index (κ1) is 10.8. The van der Waals surface area contributed by atoms with Gasteiger partial charge in [-0.2, -0.15) is 0 Å². The van der Waals surface area contributed by atoms with E-state index in [4.69, 9.17) is 4.42 Å².